The van der Waals surface area contributed by atoms with Gasteiger partial charge in [-0.1, -0.05) is 11.6 Å². The van der Waals surface area contributed by atoms with Gasteiger partial charge in [0.15, 0.2) is 0 Å². The summed E-state index contributed by atoms with van der Waals surface area (Å²) in [5.74, 6) is -0.601. The smallest absolute Gasteiger partial charge is 0.278 e. The maximum Gasteiger partial charge on any atom is 0.278 e. The van der Waals surface area contributed by atoms with Gasteiger partial charge in [0.05, 0.1) is 5.69 Å². The van der Waals surface area contributed by atoms with E-state index in [9.17, 15) is 9.59 Å². The third-order valence-electron chi connectivity index (χ3n) is 3.78. The minimum Gasteiger partial charge on any atom is -0.466 e. The molecule has 24 heavy (non-hydrogen) atoms. The third-order valence-corrected chi connectivity index (χ3v) is 4.01. The predicted octanol–water partition coefficient (Wildman–Crippen LogP) is 1.83. The van der Waals surface area contributed by atoms with Crippen LogP contribution in [0.1, 0.15) is 13.3 Å². The van der Waals surface area contributed by atoms with Gasteiger partial charge in [-0.2, -0.15) is 5.10 Å². The zero-order valence-electron chi connectivity index (χ0n) is 13.1. The van der Waals surface area contributed by atoms with E-state index in [2.05, 4.69) is 15.7 Å². The second-order valence-corrected chi connectivity index (χ2v) is 6.04. The summed E-state index contributed by atoms with van der Waals surface area (Å²) in [6.07, 6.45) is 4.24. The highest BCUT2D eigenvalue weighted by atomic mass is 35.5. The summed E-state index contributed by atoms with van der Waals surface area (Å²) >= 11 is 5.89. The summed E-state index contributed by atoms with van der Waals surface area (Å²) in [5.41, 5.74) is -1.16. The molecule has 1 aromatic carbocycles. The number of anilines is 1. The Morgan fingerprint density at radius 1 is 1.50 bits per heavy atom. The van der Waals surface area contributed by atoms with Crippen LogP contribution in [0.5, 0.6) is 5.75 Å². The fourth-order valence-corrected chi connectivity index (χ4v) is 2.56. The summed E-state index contributed by atoms with van der Waals surface area (Å²) < 4.78 is 7.43. The Balaban J connectivity index is 1.61. The van der Waals surface area contributed by atoms with Gasteiger partial charge in [0, 0.05) is 30.5 Å². The SMILES string of the molecule is CC1(C(=O)NCCCn2cccn2)Oc2ccc(Cl)cc2NC1=O. The van der Waals surface area contributed by atoms with E-state index < -0.39 is 17.4 Å². The second-order valence-electron chi connectivity index (χ2n) is 5.61. The molecule has 1 aliphatic rings. The fourth-order valence-electron chi connectivity index (χ4n) is 2.39. The Hall–Kier alpha value is -2.54. The number of fused-ring (bicyclic) bond motifs is 1. The second kappa shape index (κ2) is 6.52. The van der Waals surface area contributed by atoms with E-state index in [0.29, 0.717) is 36.0 Å². The number of rotatable bonds is 5. The summed E-state index contributed by atoms with van der Waals surface area (Å²) in [4.78, 5) is 24.7. The molecule has 8 heteroatoms. The number of hydrogen-bond donors (Lipinski definition) is 2. The molecular weight excluding hydrogens is 332 g/mol. The molecule has 1 unspecified atom stereocenters. The van der Waals surface area contributed by atoms with Gasteiger partial charge >= 0.3 is 0 Å². The van der Waals surface area contributed by atoms with E-state index in [1.165, 1.54) is 6.92 Å². The van der Waals surface area contributed by atoms with Crippen LogP contribution in [0.2, 0.25) is 5.02 Å². The Morgan fingerprint density at radius 2 is 2.33 bits per heavy atom. The standard InChI is InChI=1S/C16H17ClN4O3/c1-16(14(22)18-6-2-8-21-9-3-7-19-21)15(23)20-12-10-11(17)4-5-13(12)24-16/h3-5,7,9-10H,2,6,8H2,1H3,(H,18,22)(H,20,23). The van der Waals surface area contributed by atoms with E-state index in [-0.39, 0.29) is 0 Å². The number of carbonyl (C=O) groups excluding carboxylic acids is 2. The summed E-state index contributed by atoms with van der Waals surface area (Å²) in [5, 5.41) is 9.96. The number of nitrogens with one attached hydrogen (secondary N) is 2. The van der Waals surface area contributed by atoms with Crippen molar-refractivity contribution >= 4 is 29.1 Å². The molecule has 126 valence electrons. The van der Waals surface area contributed by atoms with E-state index >= 15 is 0 Å². The lowest BCUT2D eigenvalue weighted by Crippen LogP contribution is -2.58. The number of halogens is 1. The molecule has 7 nitrogen and oxygen atoms in total. The molecule has 0 radical (unpaired) electrons. The molecule has 0 aliphatic carbocycles. The molecule has 0 saturated carbocycles. The lowest BCUT2D eigenvalue weighted by Gasteiger charge is -2.33. The van der Waals surface area contributed by atoms with Crippen LogP contribution in [0.4, 0.5) is 5.69 Å². The lowest BCUT2D eigenvalue weighted by molar-refractivity contribution is -0.146. The molecule has 0 saturated heterocycles. The zero-order chi connectivity index (χ0) is 17.2. The molecule has 1 aliphatic heterocycles. The van der Waals surface area contributed by atoms with Crippen LogP contribution in [0.15, 0.2) is 36.7 Å². The van der Waals surface area contributed by atoms with Crippen molar-refractivity contribution in [2.24, 2.45) is 0 Å². The Kier molecular flexibility index (Phi) is 4.44. The normalized spacial score (nSPS) is 19.2. The van der Waals surface area contributed by atoms with E-state index in [1.54, 1.807) is 29.1 Å². The number of nitrogens with zero attached hydrogens (tertiary/aromatic N) is 2. The van der Waals surface area contributed by atoms with Crippen molar-refractivity contribution in [2.75, 3.05) is 11.9 Å². The molecule has 0 spiro atoms. The molecule has 2 amide bonds. The molecule has 2 N–H and O–H groups in total. The van der Waals surface area contributed by atoms with Gasteiger partial charge in [0.25, 0.3) is 17.4 Å². The molecule has 0 bridgehead atoms. The minimum absolute atomic E-state index is 0.410. The van der Waals surface area contributed by atoms with Crippen LogP contribution < -0.4 is 15.4 Å². The first-order valence-electron chi connectivity index (χ1n) is 7.55. The molecule has 2 heterocycles. The molecule has 3 rings (SSSR count). The topological polar surface area (TPSA) is 85.2 Å². The zero-order valence-corrected chi connectivity index (χ0v) is 13.8. The van der Waals surface area contributed by atoms with Crippen molar-refractivity contribution in [2.45, 2.75) is 25.5 Å². The first-order valence-corrected chi connectivity index (χ1v) is 7.92. The highest BCUT2D eigenvalue weighted by molar-refractivity contribution is 6.31. The predicted molar refractivity (Wildman–Crippen MR) is 89.0 cm³/mol. The minimum atomic E-state index is -1.62. The number of benzene rings is 1. The van der Waals surface area contributed by atoms with Crippen molar-refractivity contribution in [1.29, 1.82) is 0 Å². The fraction of sp³-hybridized carbons (Fsp3) is 0.312. The number of carbonyl (C=O) groups is 2. The number of amides is 2. The van der Waals surface area contributed by atoms with Crippen LogP contribution in [-0.4, -0.2) is 33.7 Å². The number of hydrogen-bond acceptors (Lipinski definition) is 4. The summed E-state index contributed by atoms with van der Waals surface area (Å²) in [7, 11) is 0. The first kappa shape index (κ1) is 16.3. The summed E-state index contributed by atoms with van der Waals surface area (Å²) in [6, 6.07) is 6.68. The Morgan fingerprint density at radius 3 is 3.08 bits per heavy atom. The average molecular weight is 349 g/mol. The van der Waals surface area contributed by atoms with Crippen molar-refractivity contribution < 1.29 is 14.3 Å². The maximum absolute atomic E-state index is 12.4. The Bertz CT molecular complexity index is 763. The van der Waals surface area contributed by atoms with Crippen LogP contribution >= 0.6 is 11.6 Å². The van der Waals surface area contributed by atoms with Crippen LogP contribution in [0, 0.1) is 0 Å². The van der Waals surface area contributed by atoms with Gasteiger partial charge in [0.1, 0.15) is 5.75 Å². The van der Waals surface area contributed by atoms with Crippen LogP contribution in [-0.2, 0) is 16.1 Å². The number of ether oxygens (including phenoxy) is 1. The first-order chi connectivity index (χ1) is 11.5. The van der Waals surface area contributed by atoms with E-state index in [4.69, 9.17) is 16.3 Å². The van der Waals surface area contributed by atoms with Crippen molar-refractivity contribution in [3.05, 3.63) is 41.7 Å². The Labute approximate surface area is 143 Å². The number of aromatic nitrogens is 2. The number of aryl methyl sites for hydroxylation is 1. The van der Waals surface area contributed by atoms with Gasteiger partial charge in [-0.05, 0) is 37.6 Å². The van der Waals surface area contributed by atoms with Gasteiger partial charge in [0.2, 0.25) is 0 Å². The van der Waals surface area contributed by atoms with Gasteiger partial charge in [-0.15, -0.1) is 0 Å². The van der Waals surface area contributed by atoms with E-state index in [1.807, 2.05) is 12.3 Å². The molecule has 1 aromatic heterocycles. The largest absolute Gasteiger partial charge is 0.466 e. The average Bonchev–Trinajstić information content (AvgIpc) is 3.06. The molecular formula is C16H17ClN4O3. The van der Waals surface area contributed by atoms with Gasteiger partial charge < -0.3 is 15.4 Å². The summed E-state index contributed by atoms with van der Waals surface area (Å²) in [6.45, 7) is 2.54. The maximum atomic E-state index is 12.4. The van der Waals surface area contributed by atoms with Crippen LogP contribution in [0.3, 0.4) is 0 Å². The van der Waals surface area contributed by atoms with Crippen molar-refractivity contribution in [3.8, 4) is 5.75 Å². The molecule has 0 fully saturated rings. The monoisotopic (exact) mass is 348 g/mol. The quantitative estimate of drug-likeness (QED) is 0.637. The van der Waals surface area contributed by atoms with Gasteiger partial charge in [-0.25, -0.2) is 0 Å². The van der Waals surface area contributed by atoms with Crippen LogP contribution in [0.25, 0.3) is 0 Å². The lowest BCUT2D eigenvalue weighted by atomic mass is 10.0. The highest BCUT2D eigenvalue weighted by Gasteiger charge is 2.47. The highest BCUT2D eigenvalue weighted by Crippen LogP contribution is 2.35. The third kappa shape index (κ3) is 3.21. The molecule has 2 aromatic rings. The van der Waals surface area contributed by atoms with E-state index in [0.717, 1.165) is 0 Å². The van der Waals surface area contributed by atoms with Crippen molar-refractivity contribution in [1.82, 2.24) is 15.1 Å². The van der Waals surface area contributed by atoms with Crippen molar-refractivity contribution in [3.63, 3.8) is 0 Å². The van der Waals surface area contributed by atoms with Gasteiger partial charge in [-0.3, -0.25) is 14.3 Å². The molecule has 1 atom stereocenters.